The molecule has 0 radical (unpaired) electrons. The fraction of sp³-hybridized carbons (Fsp3) is 0.385. The van der Waals surface area contributed by atoms with E-state index in [0.29, 0.717) is 25.4 Å². The number of fused-ring (bicyclic) bond motifs is 1. The van der Waals surface area contributed by atoms with Gasteiger partial charge in [-0.05, 0) is 17.7 Å². The maximum atomic E-state index is 13.0. The average molecular weight is 273 g/mol. The lowest BCUT2D eigenvalue weighted by Crippen LogP contribution is -2.08. The number of halogens is 3. The number of nitrogens with two attached hydrogens (primary N) is 1. The topological polar surface area (TPSA) is 44.5 Å². The number of alkyl halides is 3. The summed E-state index contributed by atoms with van der Waals surface area (Å²) in [4.78, 5) is 0. The van der Waals surface area contributed by atoms with Crippen LogP contribution in [-0.2, 0) is 6.18 Å². The first kappa shape index (κ1) is 13.7. The Kier molecular flexibility index (Phi) is 3.99. The number of rotatable bonds is 2. The van der Waals surface area contributed by atoms with Crippen LogP contribution in [0.15, 0.2) is 18.2 Å². The first-order chi connectivity index (χ1) is 9.02. The van der Waals surface area contributed by atoms with Gasteiger partial charge in [0.2, 0.25) is 0 Å². The van der Waals surface area contributed by atoms with Crippen LogP contribution in [0.5, 0.6) is 11.5 Å². The Hall–Kier alpha value is -1.69. The minimum Gasteiger partial charge on any atom is -0.490 e. The van der Waals surface area contributed by atoms with E-state index < -0.39 is 11.7 Å². The first-order valence-corrected chi connectivity index (χ1v) is 5.90. The normalized spacial score (nSPS) is 15.6. The fourth-order valence-electron chi connectivity index (χ4n) is 1.80. The van der Waals surface area contributed by atoms with Gasteiger partial charge in [0.1, 0.15) is 0 Å². The summed E-state index contributed by atoms with van der Waals surface area (Å²) >= 11 is 0. The number of hydrogen-bond donors (Lipinski definition) is 1. The molecular formula is C13H14F3NO2. The summed E-state index contributed by atoms with van der Waals surface area (Å²) in [6, 6.07) is 2.33. The second-order valence-electron chi connectivity index (χ2n) is 4.07. The summed E-state index contributed by atoms with van der Waals surface area (Å²) < 4.78 is 49.6. The molecule has 1 heterocycles. The summed E-state index contributed by atoms with van der Waals surface area (Å²) in [5, 5.41) is 0. The third kappa shape index (κ3) is 3.20. The van der Waals surface area contributed by atoms with Crippen LogP contribution in [0.1, 0.15) is 17.5 Å². The van der Waals surface area contributed by atoms with Crippen LogP contribution in [0.3, 0.4) is 0 Å². The first-order valence-electron chi connectivity index (χ1n) is 5.90. The monoisotopic (exact) mass is 273 g/mol. The summed E-state index contributed by atoms with van der Waals surface area (Å²) in [5.74, 6) is 0.469. The van der Waals surface area contributed by atoms with Crippen molar-refractivity contribution in [2.45, 2.75) is 12.6 Å². The van der Waals surface area contributed by atoms with Crippen molar-refractivity contribution in [3.8, 4) is 11.5 Å². The fourth-order valence-corrected chi connectivity index (χ4v) is 1.80. The van der Waals surface area contributed by atoms with Gasteiger partial charge < -0.3 is 15.2 Å². The Labute approximate surface area is 108 Å². The molecule has 0 spiro atoms. The van der Waals surface area contributed by atoms with E-state index in [2.05, 4.69) is 0 Å². The van der Waals surface area contributed by atoms with Crippen LogP contribution in [0, 0.1) is 0 Å². The maximum Gasteiger partial charge on any atom is 0.417 e. The highest BCUT2D eigenvalue weighted by molar-refractivity contribution is 5.61. The van der Waals surface area contributed by atoms with Crippen molar-refractivity contribution in [3.63, 3.8) is 0 Å². The summed E-state index contributed by atoms with van der Waals surface area (Å²) in [6.45, 7) is 0.951. The van der Waals surface area contributed by atoms with E-state index in [9.17, 15) is 13.2 Å². The average Bonchev–Trinajstić information content (AvgIpc) is 2.58. The molecule has 1 aromatic carbocycles. The third-order valence-corrected chi connectivity index (χ3v) is 2.66. The number of hydrogen-bond acceptors (Lipinski definition) is 3. The number of ether oxygens (including phenoxy) is 2. The zero-order valence-electron chi connectivity index (χ0n) is 10.2. The molecule has 1 aromatic rings. The van der Waals surface area contributed by atoms with E-state index in [0.717, 1.165) is 6.07 Å². The van der Waals surface area contributed by atoms with Crippen molar-refractivity contribution in [3.05, 3.63) is 29.3 Å². The molecule has 0 aliphatic carbocycles. The van der Waals surface area contributed by atoms with Gasteiger partial charge in [-0.1, -0.05) is 12.2 Å². The highest BCUT2D eigenvalue weighted by atomic mass is 19.4. The maximum absolute atomic E-state index is 13.0. The molecule has 19 heavy (non-hydrogen) atoms. The van der Waals surface area contributed by atoms with Crippen molar-refractivity contribution in [2.75, 3.05) is 19.8 Å². The van der Waals surface area contributed by atoms with Gasteiger partial charge in [0.25, 0.3) is 0 Å². The minimum absolute atomic E-state index is 0.0298. The minimum atomic E-state index is -4.45. The molecule has 3 nitrogen and oxygen atoms in total. The molecule has 0 saturated heterocycles. The largest absolute Gasteiger partial charge is 0.490 e. The highest BCUT2D eigenvalue weighted by Gasteiger charge is 2.34. The number of benzene rings is 1. The van der Waals surface area contributed by atoms with Gasteiger partial charge >= 0.3 is 6.18 Å². The SMILES string of the molecule is NC/C=C/c1cc2c(cc1C(F)(F)F)OCCCO2. The third-order valence-electron chi connectivity index (χ3n) is 2.66. The lowest BCUT2D eigenvalue weighted by Gasteiger charge is -2.15. The van der Waals surface area contributed by atoms with Crippen molar-refractivity contribution < 1.29 is 22.6 Å². The van der Waals surface area contributed by atoms with Crippen LogP contribution in [0.25, 0.3) is 6.08 Å². The molecule has 2 N–H and O–H groups in total. The van der Waals surface area contributed by atoms with Gasteiger partial charge in [0, 0.05) is 13.0 Å². The zero-order chi connectivity index (χ0) is 13.9. The van der Waals surface area contributed by atoms with Gasteiger partial charge in [0.05, 0.1) is 18.8 Å². The van der Waals surface area contributed by atoms with E-state index >= 15 is 0 Å². The Morgan fingerprint density at radius 1 is 1.16 bits per heavy atom. The highest BCUT2D eigenvalue weighted by Crippen LogP contribution is 2.40. The van der Waals surface area contributed by atoms with Crippen LogP contribution < -0.4 is 15.2 Å². The van der Waals surface area contributed by atoms with Gasteiger partial charge in [-0.2, -0.15) is 13.2 Å². The van der Waals surface area contributed by atoms with Gasteiger partial charge in [-0.3, -0.25) is 0 Å². The molecule has 0 aromatic heterocycles. The van der Waals surface area contributed by atoms with Crippen molar-refractivity contribution >= 4 is 6.08 Å². The van der Waals surface area contributed by atoms with Crippen molar-refractivity contribution in [1.82, 2.24) is 0 Å². The summed E-state index contributed by atoms with van der Waals surface area (Å²) in [5.41, 5.74) is 4.56. The standard InChI is InChI=1S/C13H14F3NO2/c14-13(15,16)10-8-12-11(18-5-2-6-19-12)7-9(10)3-1-4-17/h1,3,7-8H,2,4-6,17H2/b3-1+. The molecule has 0 amide bonds. The molecule has 104 valence electrons. The molecule has 0 saturated carbocycles. The van der Waals surface area contributed by atoms with Crippen LogP contribution in [0.4, 0.5) is 13.2 Å². The van der Waals surface area contributed by atoms with E-state index in [-0.39, 0.29) is 17.9 Å². The second kappa shape index (κ2) is 5.52. The molecular weight excluding hydrogens is 259 g/mol. The Morgan fingerprint density at radius 2 is 1.79 bits per heavy atom. The quantitative estimate of drug-likeness (QED) is 0.901. The van der Waals surface area contributed by atoms with Crippen molar-refractivity contribution in [2.24, 2.45) is 5.73 Å². The summed E-state index contributed by atoms with van der Waals surface area (Å²) in [7, 11) is 0. The Morgan fingerprint density at radius 3 is 2.37 bits per heavy atom. The van der Waals surface area contributed by atoms with E-state index in [1.54, 1.807) is 0 Å². The zero-order valence-corrected chi connectivity index (χ0v) is 10.2. The predicted octanol–water partition coefficient (Wildman–Crippen LogP) is 2.84. The molecule has 0 atom stereocenters. The van der Waals surface area contributed by atoms with E-state index in [4.69, 9.17) is 15.2 Å². The van der Waals surface area contributed by atoms with Gasteiger partial charge in [-0.25, -0.2) is 0 Å². The molecule has 0 fully saturated rings. The van der Waals surface area contributed by atoms with Crippen molar-refractivity contribution in [1.29, 1.82) is 0 Å². The molecule has 0 bridgehead atoms. The van der Waals surface area contributed by atoms with E-state index in [1.165, 1.54) is 18.2 Å². The molecule has 6 heteroatoms. The molecule has 0 unspecified atom stereocenters. The van der Waals surface area contributed by atoms with Crippen LogP contribution in [0.2, 0.25) is 0 Å². The Balaban J connectivity index is 2.50. The molecule has 1 aliphatic rings. The summed E-state index contributed by atoms with van der Waals surface area (Å²) in [6.07, 6.45) is -0.991. The second-order valence-corrected chi connectivity index (χ2v) is 4.07. The Bertz CT molecular complexity index is 484. The predicted molar refractivity (Wildman–Crippen MR) is 65.1 cm³/mol. The smallest absolute Gasteiger partial charge is 0.417 e. The van der Waals surface area contributed by atoms with Gasteiger partial charge in [-0.15, -0.1) is 0 Å². The van der Waals surface area contributed by atoms with Gasteiger partial charge in [0.15, 0.2) is 11.5 Å². The molecule has 2 rings (SSSR count). The lowest BCUT2D eigenvalue weighted by atomic mass is 10.1. The van der Waals surface area contributed by atoms with Crippen LogP contribution >= 0.6 is 0 Å². The lowest BCUT2D eigenvalue weighted by molar-refractivity contribution is -0.137. The molecule has 1 aliphatic heterocycles. The van der Waals surface area contributed by atoms with Crippen LogP contribution in [-0.4, -0.2) is 19.8 Å². The van der Waals surface area contributed by atoms with E-state index in [1.807, 2.05) is 0 Å².